The average Bonchev–Trinajstić information content (AvgIpc) is 2.44. The molecule has 0 aliphatic carbocycles. The van der Waals surface area contributed by atoms with Crippen LogP contribution in [0.2, 0.25) is 0 Å². The van der Waals surface area contributed by atoms with E-state index in [2.05, 4.69) is 21.0 Å². The zero-order chi connectivity index (χ0) is 9.59. The third-order valence-electron chi connectivity index (χ3n) is 1.92. The number of halogens is 1. The molecule has 0 bridgehead atoms. The van der Waals surface area contributed by atoms with Crippen LogP contribution in [0.3, 0.4) is 0 Å². The summed E-state index contributed by atoms with van der Waals surface area (Å²) in [6.07, 6.45) is 3.56. The summed E-state index contributed by atoms with van der Waals surface area (Å²) in [6, 6.07) is 0. The van der Waals surface area contributed by atoms with Gasteiger partial charge in [0, 0.05) is 36.3 Å². The normalized spacial score (nSPS) is 11.0. The first kappa shape index (κ1) is 8.50. The molecular weight excluding hydrogens is 234 g/mol. The molecule has 0 radical (unpaired) electrons. The molecule has 68 valence electrons. The zero-order valence-corrected chi connectivity index (χ0v) is 8.87. The van der Waals surface area contributed by atoms with Gasteiger partial charge in [0.2, 0.25) is 0 Å². The van der Waals surface area contributed by atoms with Crippen LogP contribution in [0.15, 0.2) is 21.7 Å². The fourth-order valence-corrected chi connectivity index (χ4v) is 1.88. The SMILES string of the molecule is Cn1cc2c(Br)cn(C)c(=O)c2n1. The summed E-state index contributed by atoms with van der Waals surface area (Å²) in [7, 11) is 3.51. The lowest BCUT2D eigenvalue weighted by molar-refractivity contribution is 0.774. The summed E-state index contributed by atoms with van der Waals surface area (Å²) in [6.45, 7) is 0. The van der Waals surface area contributed by atoms with Crippen LogP contribution < -0.4 is 5.56 Å². The van der Waals surface area contributed by atoms with Gasteiger partial charge in [0.1, 0.15) is 0 Å². The number of fused-ring (bicyclic) bond motifs is 1. The number of hydrogen-bond donors (Lipinski definition) is 0. The van der Waals surface area contributed by atoms with Crippen molar-refractivity contribution in [1.82, 2.24) is 14.3 Å². The molecule has 0 atom stereocenters. The predicted octanol–water partition coefficient (Wildman–Crippen LogP) is 1.03. The Balaban J connectivity index is 3.04. The number of pyridine rings is 1. The van der Waals surface area contributed by atoms with Gasteiger partial charge in [-0.3, -0.25) is 9.48 Å². The largest absolute Gasteiger partial charge is 0.316 e. The standard InChI is InChI=1S/C8H8BrN3O/c1-11-4-6(9)5-3-12(2)10-7(5)8(11)13/h3-4H,1-2H3. The van der Waals surface area contributed by atoms with Crippen LogP contribution in [-0.2, 0) is 14.1 Å². The van der Waals surface area contributed by atoms with Crippen molar-refractivity contribution in [2.75, 3.05) is 0 Å². The molecule has 0 saturated heterocycles. The molecule has 0 fully saturated rings. The Bertz CT molecular complexity index is 526. The second-order valence-corrected chi connectivity index (χ2v) is 3.81. The van der Waals surface area contributed by atoms with E-state index in [1.807, 2.05) is 6.20 Å². The monoisotopic (exact) mass is 241 g/mol. The topological polar surface area (TPSA) is 39.8 Å². The number of aryl methyl sites for hydroxylation is 2. The minimum atomic E-state index is -0.0706. The van der Waals surface area contributed by atoms with Crippen LogP contribution in [0, 0.1) is 0 Å². The van der Waals surface area contributed by atoms with Crippen LogP contribution in [0.25, 0.3) is 10.9 Å². The van der Waals surface area contributed by atoms with Crippen molar-refractivity contribution >= 4 is 26.8 Å². The lowest BCUT2D eigenvalue weighted by Crippen LogP contribution is -2.16. The van der Waals surface area contributed by atoms with E-state index in [0.29, 0.717) is 5.52 Å². The first-order chi connectivity index (χ1) is 6.09. The molecular formula is C8H8BrN3O. The van der Waals surface area contributed by atoms with Gasteiger partial charge < -0.3 is 4.57 Å². The van der Waals surface area contributed by atoms with Crippen molar-refractivity contribution in [3.63, 3.8) is 0 Å². The second kappa shape index (κ2) is 2.70. The van der Waals surface area contributed by atoms with Crippen LogP contribution in [0.1, 0.15) is 0 Å². The van der Waals surface area contributed by atoms with Crippen LogP contribution >= 0.6 is 15.9 Å². The summed E-state index contributed by atoms with van der Waals surface area (Å²) >= 11 is 3.38. The number of nitrogens with zero attached hydrogens (tertiary/aromatic N) is 3. The highest BCUT2D eigenvalue weighted by Crippen LogP contribution is 2.18. The van der Waals surface area contributed by atoms with Gasteiger partial charge in [-0.2, -0.15) is 5.10 Å². The molecule has 2 heterocycles. The van der Waals surface area contributed by atoms with E-state index in [4.69, 9.17) is 0 Å². The van der Waals surface area contributed by atoms with Crippen LogP contribution in [0.4, 0.5) is 0 Å². The highest BCUT2D eigenvalue weighted by molar-refractivity contribution is 9.10. The molecule has 13 heavy (non-hydrogen) atoms. The molecule has 5 heteroatoms. The lowest BCUT2D eigenvalue weighted by Gasteiger charge is -1.97. The first-order valence-corrected chi connectivity index (χ1v) is 4.57. The van der Waals surface area contributed by atoms with Crippen molar-refractivity contribution in [2.24, 2.45) is 14.1 Å². The highest BCUT2D eigenvalue weighted by Gasteiger charge is 2.08. The minimum absolute atomic E-state index is 0.0706. The molecule has 2 aromatic rings. The predicted molar refractivity (Wildman–Crippen MR) is 53.7 cm³/mol. The summed E-state index contributed by atoms with van der Waals surface area (Å²) < 4.78 is 4.04. The van der Waals surface area contributed by atoms with Gasteiger partial charge in [-0.25, -0.2) is 0 Å². The van der Waals surface area contributed by atoms with Crippen molar-refractivity contribution < 1.29 is 0 Å². The van der Waals surface area contributed by atoms with Gasteiger partial charge in [0.05, 0.1) is 0 Å². The van der Waals surface area contributed by atoms with E-state index >= 15 is 0 Å². The van der Waals surface area contributed by atoms with Gasteiger partial charge in [-0.15, -0.1) is 0 Å². The van der Waals surface area contributed by atoms with E-state index in [1.54, 1.807) is 25.0 Å². The molecule has 2 rings (SSSR count). The number of hydrogen-bond acceptors (Lipinski definition) is 2. The summed E-state index contributed by atoms with van der Waals surface area (Å²) in [5.41, 5.74) is 0.429. The molecule has 0 aromatic carbocycles. The fourth-order valence-electron chi connectivity index (χ4n) is 1.29. The van der Waals surface area contributed by atoms with Gasteiger partial charge in [-0.1, -0.05) is 0 Å². The Hall–Kier alpha value is -1.10. The smallest absolute Gasteiger partial charge is 0.278 e. The molecule has 0 aliphatic rings. The summed E-state index contributed by atoms with van der Waals surface area (Å²) in [5, 5.41) is 4.94. The van der Waals surface area contributed by atoms with E-state index in [-0.39, 0.29) is 5.56 Å². The Kier molecular flexibility index (Phi) is 1.76. The highest BCUT2D eigenvalue weighted by atomic mass is 79.9. The van der Waals surface area contributed by atoms with E-state index < -0.39 is 0 Å². The fraction of sp³-hybridized carbons (Fsp3) is 0.250. The molecule has 4 nitrogen and oxygen atoms in total. The van der Waals surface area contributed by atoms with Crippen molar-refractivity contribution in [1.29, 1.82) is 0 Å². The quantitative estimate of drug-likeness (QED) is 0.692. The lowest BCUT2D eigenvalue weighted by atomic mass is 10.3. The van der Waals surface area contributed by atoms with Crippen molar-refractivity contribution in [2.45, 2.75) is 0 Å². The molecule has 2 aromatic heterocycles. The third-order valence-corrected chi connectivity index (χ3v) is 2.55. The van der Waals surface area contributed by atoms with Gasteiger partial charge in [-0.05, 0) is 15.9 Å². The summed E-state index contributed by atoms with van der Waals surface area (Å²) in [4.78, 5) is 11.6. The first-order valence-electron chi connectivity index (χ1n) is 3.78. The average molecular weight is 242 g/mol. The molecule has 0 aliphatic heterocycles. The molecule has 0 unspecified atom stereocenters. The Morgan fingerprint density at radius 1 is 1.38 bits per heavy atom. The second-order valence-electron chi connectivity index (χ2n) is 2.96. The molecule has 0 spiro atoms. The Labute approximate surface area is 82.9 Å². The van der Waals surface area contributed by atoms with E-state index in [9.17, 15) is 4.79 Å². The molecule has 0 amide bonds. The summed E-state index contributed by atoms with van der Waals surface area (Å²) in [5.74, 6) is 0. The van der Waals surface area contributed by atoms with Crippen LogP contribution in [0.5, 0.6) is 0 Å². The third kappa shape index (κ3) is 1.19. The minimum Gasteiger partial charge on any atom is -0.316 e. The van der Waals surface area contributed by atoms with Gasteiger partial charge in [0.15, 0.2) is 5.52 Å². The van der Waals surface area contributed by atoms with Crippen molar-refractivity contribution in [3.8, 4) is 0 Å². The van der Waals surface area contributed by atoms with Gasteiger partial charge >= 0.3 is 0 Å². The zero-order valence-electron chi connectivity index (χ0n) is 7.28. The van der Waals surface area contributed by atoms with E-state index in [0.717, 1.165) is 9.86 Å². The van der Waals surface area contributed by atoms with Crippen LogP contribution in [-0.4, -0.2) is 14.3 Å². The maximum absolute atomic E-state index is 11.6. The number of aromatic nitrogens is 3. The van der Waals surface area contributed by atoms with Crippen molar-refractivity contribution in [3.05, 3.63) is 27.2 Å². The van der Waals surface area contributed by atoms with E-state index in [1.165, 1.54) is 4.57 Å². The molecule has 0 N–H and O–H groups in total. The number of rotatable bonds is 0. The Morgan fingerprint density at radius 2 is 2.08 bits per heavy atom. The maximum Gasteiger partial charge on any atom is 0.278 e. The Morgan fingerprint density at radius 3 is 2.77 bits per heavy atom. The van der Waals surface area contributed by atoms with Gasteiger partial charge in [0.25, 0.3) is 5.56 Å². The maximum atomic E-state index is 11.6. The molecule has 0 saturated carbocycles.